The van der Waals surface area contributed by atoms with Gasteiger partial charge in [0.25, 0.3) is 5.56 Å². The van der Waals surface area contributed by atoms with Gasteiger partial charge in [0.1, 0.15) is 11.5 Å². The average molecular weight is 492 g/mol. The van der Waals surface area contributed by atoms with Gasteiger partial charge in [0.2, 0.25) is 11.8 Å². The number of hydrogen-bond donors (Lipinski definition) is 2. The molecule has 3 rings (SSSR count). The van der Waals surface area contributed by atoms with E-state index in [9.17, 15) is 31.9 Å². The van der Waals surface area contributed by atoms with E-state index in [4.69, 9.17) is 0 Å². The lowest BCUT2D eigenvalue weighted by Crippen LogP contribution is -2.25. The molecule has 0 spiro atoms. The Balaban J connectivity index is 1.69. The van der Waals surface area contributed by atoms with E-state index in [1.54, 1.807) is 20.2 Å². The highest BCUT2D eigenvalue weighted by molar-refractivity contribution is 5.90. The molecule has 0 saturated carbocycles. The van der Waals surface area contributed by atoms with Gasteiger partial charge in [-0.05, 0) is 49.2 Å². The van der Waals surface area contributed by atoms with Crippen LogP contribution in [0.25, 0.3) is 10.9 Å². The number of H-pyrrole nitrogens is 1. The zero-order valence-corrected chi connectivity index (χ0v) is 19.1. The van der Waals surface area contributed by atoms with E-state index in [-0.39, 0.29) is 47.1 Å². The number of benzene rings is 1. The van der Waals surface area contributed by atoms with E-state index >= 15 is 0 Å². The first kappa shape index (κ1) is 25.7. The summed E-state index contributed by atoms with van der Waals surface area (Å²) < 4.78 is 54.7. The summed E-state index contributed by atoms with van der Waals surface area (Å²) in [4.78, 5) is 40.5. The minimum atomic E-state index is -4.75. The van der Waals surface area contributed by atoms with Crippen molar-refractivity contribution in [3.05, 3.63) is 76.1 Å². The average Bonchev–Trinajstić information content (AvgIpc) is 3.16. The Bertz CT molecular complexity index is 1320. The Kier molecular flexibility index (Phi) is 7.78. The number of allylic oxidation sites excluding steroid dienone is 1. The van der Waals surface area contributed by atoms with Crippen LogP contribution in [0.5, 0.6) is 0 Å². The van der Waals surface area contributed by atoms with Crippen LogP contribution in [0, 0.1) is 5.82 Å². The third kappa shape index (κ3) is 6.58. The maximum atomic E-state index is 13.7. The second-order valence-electron chi connectivity index (χ2n) is 8.14. The SMILES string of the molecule is CN(C)C(=O)/C=C/CCCC(=O)Nc1cccn(Cc2cc3cc(F)cc(C(F)(F)F)c3[nH]2)c1=O. The van der Waals surface area contributed by atoms with Crippen molar-refractivity contribution in [3.8, 4) is 0 Å². The minimum absolute atomic E-state index is 0.0222. The standard InChI is InChI=1S/C24H24F4N4O3/c1-31(2)21(34)9-5-3-4-8-20(33)30-19-7-6-10-32(23(19)35)14-17-12-15-11-16(25)13-18(22(15)29-17)24(26,27)28/h5-7,9-13,29H,3-4,8,14H2,1-2H3,(H,30,33)/b9-5+. The molecule has 186 valence electrons. The Morgan fingerprint density at radius 3 is 2.63 bits per heavy atom. The molecule has 7 nitrogen and oxygen atoms in total. The van der Waals surface area contributed by atoms with Crippen LogP contribution in [0.1, 0.15) is 30.5 Å². The van der Waals surface area contributed by atoms with Crippen molar-refractivity contribution in [2.24, 2.45) is 0 Å². The lowest BCUT2D eigenvalue weighted by atomic mass is 10.1. The molecule has 0 atom stereocenters. The number of aromatic nitrogens is 2. The first-order valence-electron chi connectivity index (χ1n) is 10.7. The molecule has 0 bridgehead atoms. The van der Waals surface area contributed by atoms with Crippen LogP contribution in [-0.2, 0) is 22.3 Å². The third-order valence-electron chi connectivity index (χ3n) is 5.17. The molecule has 0 radical (unpaired) electrons. The highest BCUT2D eigenvalue weighted by atomic mass is 19.4. The molecule has 0 aliphatic heterocycles. The first-order chi connectivity index (χ1) is 16.5. The number of likely N-dealkylation sites (N-methyl/N-ethyl adjacent to an activating group) is 1. The van der Waals surface area contributed by atoms with Gasteiger partial charge in [-0.1, -0.05) is 6.08 Å². The summed E-state index contributed by atoms with van der Waals surface area (Å²) in [6.07, 6.45) is 0.876. The Morgan fingerprint density at radius 1 is 1.20 bits per heavy atom. The summed E-state index contributed by atoms with van der Waals surface area (Å²) >= 11 is 0. The molecule has 0 aliphatic rings. The van der Waals surface area contributed by atoms with Gasteiger partial charge in [-0.15, -0.1) is 0 Å². The number of fused-ring (bicyclic) bond motifs is 1. The van der Waals surface area contributed by atoms with Gasteiger partial charge in [0.05, 0.1) is 17.6 Å². The van der Waals surface area contributed by atoms with Crippen LogP contribution in [0.15, 0.2) is 53.5 Å². The maximum absolute atomic E-state index is 13.7. The monoisotopic (exact) mass is 492 g/mol. The molecule has 2 aromatic heterocycles. The number of rotatable bonds is 8. The topological polar surface area (TPSA) is 87.2 Å². The normalized spacial score (nSPS) is 11.8. The summed E-state index contributed by atoms with van der Waals surface area (Å²) in [5.41, 5.74) is -1.66. The molecule has 2 amide bonds. The van der Waals surface area contributed by atoms with Crippen molar-refractivity contribution in [1.29, 1.82) is 0 Å². The fourth-order valence-electron chi connectivity index (χ4n) is 3.44. The molecule has 0 aliphatic carbocycles. The van der Waals surface area contributed by atoms with E-state index < -0.39 is 23.1 Å². The van der Waals surface area contributed by atoms with Crippen molar-refractivity contribution < 1.29 is 27.2 Å². The number of amides is 2. The number of anilines is 1. The summed E-state index contributed by atoms with van der Waals surface area (Å²) in [5, 5.41) is 2.57. The summed E-state index contributed by atoms with van der Waals surface area (Å²) in [6, 6.07) is 5.70. The quantitative estimate of drug-likeness (QED) is 0.280. The lowest BCUT2D eigenvalue weighted by molar-refractivity contribution is -0.136. The first-order valence-corrected chi connectivity index (χ1v) is 10.7. The highest BCUT2D eigenvalue weighted by Gasteiger charge is 2.34. The number of aromatic amines is 1. The second kappa shape index (κ2) is 10.6. The minimum Gasteiger partial charge on any atom is -0.356 e. The van der Waals surface area contributed by atoms with Crippen molar-refractivity contribution >= 4 is 28.4 Å². The zero-order chi connectivity index (χ0) is 25.8. The summed E-state index contributed by atoms with van der Waals surface area (Å²) in [7, 11) is 3.26. The number of alkyl halides is 3. The number of pyridine rings is 1. The van der Waals surface area contributed by atoms with E-state index in [2.05, 4.69) is 10.3 Å². The van der Waals surface area contributed by atoms with Crippen molar-refractivity contribution in [3.63, 3.8) is 0 Å². The van der Waals surface area contributed by atoms with Crippen LogP contribution in [0.3, 0.4) is 0 Å². The van der Waals surface area contributed by atoms with Crippen LogP contribution < -0.4 is 10.9 Å². The van der Waals surface area contributed by atoms with Gasteiger partial charge >= 0.3 is 6.18 Å². The molecule has 3 aromatic rings. The number of nitrogens with zero attached hydrogens (tertiary/aromatic N) is 2. The van der Waals surface area contributed by atoms with Gasteiger partial charge < -0.3 is 19.8 Å². The molecule has 0 unspecified atom stereocenters. The number of carbonyl (C=O) groups excluding carboxylic acids is 2. The maximum Gasteiger partial charge on any atom is 0.418 e. The predicted octanol–water partition coefficient (Wildman–Crippen LogP) is 4.29. The smallest absolute Gasteiger partial charge is 0.356 e. The molecule has 0 fully saturated rings. The lowest BCUT2D eigenvalue weighted by Gasteiger charge is -2.09. The fourth-order valence-corrected chi connectivity index (χ4v) is 3.44. The van der Waals surface area contributed by atoms with Gasteiger partial charge in [-0.3, -0.25) is 14.4 Å². The van der Waals surface area contributed by atoms with Crippen LogP contribution in [-0.4, -0.2) is 40.4 Å². The predicted molar refractivity (Wildman–Crippen MR) is 123 cm³/mol. The molecule has 11 heteroatoms. The van der Waals surface area contributed by atoms with Gasteiger partial charge in [-0.25, -0.2) is 4.39 Å². The number of carbonyl (C=O) groups is 2. The molecular formula is C24H24F4N4O3. The molecule has 0 saturated heterocycles. The van der Waals surface area contributed by atoms with Crippen LogP contribution >= 0.6 is 0 Å². The molecule has 2 N–H and O–H groups in total. The number of halogens is 4. The Labute approximate surface area is 198 Å². The van der Waals surface area contributed by atoms with Crippen LogP contribution in [0.2, 0.25) is 0 Å². The fraction of sp³-hybridized carbons (Fsp3) is 0.292. The zero-order valence-electron chi connectivity index (χ0n) is 19.1. The van der Waals surface area contributed by atoms with Gasteiger partial charge in [-0.2, -0.15) is 13.2 Å². The van der Waals surface area contributed by atoms with Crippen LogP contribution in [0.4, 0.5) is 23.2 Å². The summed E-state index contributed by atoms with van der Waals surface area (Å²) in [6.45, 7) is -0.110. The largest absolute Gasteiger partial charge is 0.418 e. The number of unbranched alkanes of at least 4 members (excludes halogenated alkanes) is 1. The van der Waals surface area contributed by atoms with Crippen molar-refractivity contribution in [2.75, 3.05) is 19.4 Å². The van der Waals surface area contributed by atoms with Crippen molar-refractivity contribution in [1.82, 2.24) is 14.5 Å². The van der Waals surface area contributed by atoms with E-state index in [0.717, 1.165) is 6.07 Å². The molecule has 2 heterocycles. The number of nitrogens with one attached hydrogen (secondary N) is 2. The molecular weight excluding hydrogens is 468 g/mol. The molecule has 1 aromatic carbocycles. The van der Waals surface area contributed by atoms with E-state index in [1.807, 2.05) is 0 Å². The third-order valence-corrected chi connectivity index (χ3v) is 5.17. The molecule has 35 heavy (non-hydrogen) atoms. The Hall–Kier alpha value is -3.89. The van der Waals surface area contributed by atoms with E-state index in [1.165, 1.54) is 39.9 Å². The summed E-state index contributed by atoms with van der Waals surface area (Å²) in [5.74, 6) is -1.56. The van der Waals surface area contributed by atoms with Gasteiger partial charge in [0, 0.05) is 37.8 Å². The van der Waals surface area contributed by atoms with Gasteiger partial charge in [0.15, 0.2) is 0 Å². The number of hydrogen-bond acceptors (Lipinski definition) is 3. The second-order valence-corrected chi connectivity index (χ2v) is 8.14. The highest BCUT2D eigenvalue weighted by Crippen LogP contribution is 2.35. The Morgan fingerprint density at radius 2 is 1.94 bits per heavy atom. The van der Waals surface area contributed by atoms with Crippen molar-refractivity contribution in [2.45, 2.75) is 32.0 Å². The van der Waals surface area contributed by atoms with E-state index in [0.29, 0.717) is 18.9 Å².